The number of amides is 3. The Labute approximate surface area is 165 Å². The summed E-state index contributed by atoms with van der Waals surface area (Å²) in [6.45, 7) is 1.73. The first-order valence-electron chi connectivity index (χ1n) is 10.2. The quantitative estimate of drug-likeness (QED) is 0.662. The van der Waals surface area contributed by atoms with Crippen molar-refractivity contribution in [2.24, 2.45) is 5.73 Å². The molecule has 2 heterocycles. The average molecular weight is 384 g/mol. The number of benzene rings is 1. The van der Waals surface area contributed by atoms with Crippen LogP contribution in [0.25, 0.3) is 0 Å². The fourth-order valence-corrected chi connectivity index (χ4v) is 4.72. The van der Waals surface area contributed by atoms with Crippen molar-refractivity contribution in [1.29, 1.82) is 0 Å². The zero-order chi connectivity index (χ0) is 19.7. The van der Waals surface area contributed by atoms with Crippen molar-refractivity contribution in [3.63, 3.8) is 0 Å². The van der Waals surface area contributed by atoms with Crippen LogP contribution in [-0.2, 0) is 22.7 Å². The van der Waals surface area contributed by atoms with Crippen molar-refractivity contribution in [1.82, 2.24) is 15.5 Å². The molecule has 2 fully saturated rings. The van der Waals surface area contributed by atoms with Crippen molar-refractivity contribution in [3.8, 4) is 0 Å². The molecule has 7 nitrogen and oxygen atoms in total. The summed E-state index contributed by atoms with van der Waals surface area (Å²) in [6.07, 6.45) is 6.34. The molecule has 1 unspecified atom stereocenters. The minimum atomic E-state index is -0.576. The molecule has 1 aromatic carbocycles. The predicted octanol–water partition coefficient (Wildman–Crippen LogP) is 1.20. The van der Waals surface area contributed by atoms with Crippen LogP contribution in [0, 0.1) is 0 Å². The summed E-state index contributed by atoms with van der Waals surface area (Å²) in [5, 5.41) is 5.80. The van der Waals surface area contributed by atoms with Crippen molar-refractivity contribution in [3.05, 3.63) is 34.9 Å². The number of carbonyl (C=O) groups excluding carboxylic acids is 3. The van der Waals surface area contributed by atoms with E-state index >= 15 is 0 Å². The highest BCUT2D eigenvalue weighted by molar-refractivity contribution is 6.05. The summed E-state index contributed by atoms with van der Waals surface area (Å²) < 4.78 is 0. The van der Waals surface area contributed by atoms with E-state index in [4.69, 9.17) is 5.73 Å². The zero-order valence-corrected chi connectivity index (χ0v) is 16.1. The number of hydrogen-bond acceptors (Lipinski definition) is 5. The first-order valence-corrected chi connectivity index (χ1v) is 10.2. The second-order valence-corrected chi connectivity index (χ2v) is 8.38. The number of hydrogen-bond donors (Lipinski definition) is 3. The zero-order valence-electron chi connectivity index (χ0n) is 16.1. The molecule has 3 aliphatic rings. The van der Waals surface area contributed by atoms with Crippen molar-refractivity contribution in [2.45, 2.75) is 69.6 Å². The van der Waals surface area contributed by atoms with Gasteiger partial charge in [0, 0.05) is 37.2 Å². The summed E-state index contributed by atoms with van der Waals surface area (Å²) in [5.41, 5.74) is 8.92. The molecule has 0 bridgehead atoms. The van der Waals surface area contributed by atoms with Gasteiger partial charge in [0.1, 0.15) is 6.04 Å². The summed E-state index contributed by atoms with van der Waals surface area (Å²) in [6, 6.07) is 5.28. The number of nitrogens with zero attached hydrogens (tertiary/aromatic N) is 1. The van der Waals surface area contributed by atoms with Crippen LogP contribution in [0.3, 0.4) is 0 Å². The predicted molar refractivity (Wildman–Crippen MR) is 104 cm³/mol. The number of nitrogens with one attached hydrogen (secondary N) is 2. The third kappa shape index (κ3) is 3.69. The molecule has 7 heteroatoms. The molecule has 2 aliphatic heterocycles. The van der Waals surface area contributed by atoms with E-state index in [9.17, 15) is 14.4 Å². The molecular weight excluding hydrogens is 356 g/mol. The number of imide groups is 1. The lowest BCUT2D eigenvalue weighted by Gasteiger charge is -2.33. The van der Waals surface area contributed by atoms with E-state index in [-0.39, 0.29) is 29.7 Å². The molecule has 1 saturated heterocycles. The van der Waals surface area contributed by atoms with E-state index in [0.717, 1.165) is 30.5 Å². The maximum absolute atomic E-state index is 13.1. The molecule has 4 N–H and O–H groups in total. The van der Waals surface area contributed by atoms with Crippen LogP contribution in [0.5, 0.6) is 0 Å². The fourth-order valence-electron chi connectivity index (χ4n) is 4.72. The highest BCUT2D eigenvalue weighted by Crippen LogP contribution is 2.30. The number of fused-ring (bicyclic) bond motifs is 1. The lowest BCUT2D eigenvalue weighted by molar-refractivity contribution is -0.136. The Kier molecular flexibility index (Phi) is 5.21. The molecule has 1 aromatic rings. The van der Waals surface area contributed by atoms with Gasteiger partial charge in [-0.05, 0) is 30.4 Å². The molecule has 1 atom stereocenters. The minimum absolute atomic E-state index is 0.123. The van der Waals surface area contributed by atoms with Gasteiger partial charge in [0.15, 0.2) is 0 Å². The number of carbonyl (C=O) groups is 3. The van der Waals surface area contributed by atoms with Crippen LogP contribution < -0.4 is 16.4 Å². The normalized spacial score (nSPS) is 24.2. The SMILES string of the molecule is NC1(CNCc2cccc3c2C(=O)N(C2CCC(=O)NC2=O)C3)CCCCC1. The van der Waals surface area contributed by atoms with E-state index < -0.39 is 6.04 Å². The number of piperidine rings is 1. The Morgan fingerprint density at radius 3 is 2.71 bits per heavy atom. The van der Waals surface area contributed by atoms with E-state index in [2.05, 4.69) is 10.6 Å². The van der Waals surface area contributed by atoms with Gasteiger partial charge in [-0.2, -0.15) is 0 Å². The van der Waals surface area contributed by atoms with Gasteiger partial charge in [0.05, 0.1) is 0 Å². The van der Waals surface area contributed by atoms with E-state index in [1.165, 1.54) is 19.3 Å². The van der Waals surface area contributed by atoms with Crippen LogP contribution in [-0.4, -0.2) is 40.7 Å². The van der Waals surface area contributed by atoms with E-state index in [1.54, 1.807) is 4.90 Å². The second kappa shape index (κ2) is 7.64. The molecule has 0 radical (unpaired) electrons. The Hall–Kier alpha value is -2.25. The van der Waals surface area contributed by atoms with Gasteiger partial charge in [-0.25, -0.2) is 0 Å². The summed E-state index contributed by atoms with van der Waals surface area (Å²) >= 11 is 0. The molecule has 0 aromatic heterocycles. The summed E-state index contributed by atoms with van der Waals surface area (Å²) in [4.78, 5) is 38.3. The van der Waals surface area contributed by atoms with Crippen molar-refractivity contribution in [2.75, 3.05) is 6.54 Å². The molecule has 1 aliphatic carbocycles. The third-order valence-electron chi connectivity index (χ3n) is 6.28. The lowest BCUT2D eigenvalue weighted by Crippen LogP contribution is -2.52. The molecular formula is C21H28N4O3. The molecule has 150 valence electrons. The lowest BCUT2D eigenvalue weighted by atomic mass is 9.82. The van der Waals surface area contributed by atoms with Gasteiger partial charge in [0.2, 0.25) is 11.8 Å². The Bertz CT molecular complexity index is 801. The fraction of sp³-hybridized carbons (Fsp3) is 0.571. The average Bonchev–Trinajstić information content (AvgIpc) is 3.00. The summed E-state index contributed by atoms with van der Waals surface area (Å²) in [5.74, 6) is -0.768. The van der Waals surface area contributed by atoms with E-state index in [1.807, 2.05) is 18.2 Å². The van der Waals surface area contributed by atoms with Gasteiger partial charge in [-0.3, -0.25) is 19.7 Å². The molecule has 28 heavy (non-hydrogen) atoms. The Balaban J connectivity index is 1.44. The van der Waals surface area contributed by atoms with Gasteiger partial charge in [-0.1, -0.05) is 37.5 Å². The standard InChI is InChI=1S/C21H28N4O3/c22-21(9-2-1-3-10-21)13-23-11-14-5-4-6-15-12-25(20(28)18(14)15)16-7-8-17(26)24-19(16)27/h4-6,16,23H,1-3,7-13,22H2,(H,24,26,27). The minimum Gasteiger partial charge on any atom is -0.324 e. The Morgan fingerprint density at radius 1 is 1.18 bits per heavy atom. The highest BCUT2D eigenvalue weighted by atomic mass is 16.2. The van der Waals surface area contributed by atoms with Crippen molar-refractivity contribution < 1.29 is 14.4 Å². The largest absolute Gasteiger partial charge is 0.324 e. The van der Waals surface area contributed by atoms with Crippen LogP contribution in [0.1, 0.15) is 66.4 Å². The van der Waals surface area contributed by atoms with Crippen molar-refractivity contribution >= 4 is 17.7 Å². The maximum atomic E-state index is 13.1. The Morgan fingerprint density at radius 2 is 1.96 bits per heavy atom. The highest BCUT2D eigenvalue weighted by Gasteiger charge is 2.40. The van der Waals surface area contributed by atoms with Gasteiger partial charge >= 0.3 is 0 Å². The van der Waals surface area contributed by atoms with Crippen LogP contribution in [0.2, 0.25) is 0 Å². The summed E-state index contributed by atoms with van der Waals surface area (Å²) in [7, 11) is 0. The second-order valence-electron chi connectivity index (χ2n) is 8.38. The van der Waals surface area contributed by atoms with Gasteiger partial charge < -0.3 is 16.0 Å². The topological polar surface area (TPSA) is 105 Å². The maximum Gasteiger partial charge on any atom is 0.255 e. The molecule has 3 amide bonds. The monoisotopic (exact) mass is 384 g/mol. The third-order valence-corrected chi connectivity index (χ3v) is 6.28. The first-order chi connectivity index (χ1) is 13.5. The molecule has 1 saturated carbocycles. The van der Waals surface area contributed by atoms with Crippen LogP contribution >= 0.6 is 0 Å². The smallest absolute Gasteiger partial charge is 0.255 e. The number of rotatable bonds is 5. The number of nitrogens with two attached hydrogens (primary N) is 1. The van der Waals surface area contributed by atoms with Crippen LogP contribution in [0.4, 0.5) is 0 Å². The van der Waals surface area contributed by atoms with Gasteiger partial charge in [0.25, 0.3) is 5.91 Å². The molecule has 4 rings (SSSR count). The van der Waals surface area contributed by atoms with Gasteiger partial charge in [-0.15, -0.1) is 0 Å². The first kappa shape index (κ1) is 19.1. The molecule has 0 spiro atoms. The van der Waals surface area contributed by atoms with E-state index in [0.29, 0.717) is 25.1 Å². The van der Waals surface area contributed by atoms with Crippen LogP contribution in [0.15, 0.2) is 18.2 Å².